The van der Waals surface area contributed by atoms with Gasteiger partial charge in [0.1, 0.15) is 5.82 Å². The fraction of sp³-hybridized carbons (Fsp3) is 0.462. The second-order valence-electron chi connectivity index (χ2n) is 4.89. The highest BCUT2D eigenvalue weighted by molar-refractivity contribution is 5.61. The van der Waals surface area contributed by atoms with Gasteiger partial charge in [-0.15, -0.1) is 5.10 Å². The molecule has 1 unspecified atom stereocenters. The lowest BCUT2D eigenvalue weighted by molar-refractivity contribution is 0.0994. The predicted octanol–water partition coefficient (Wildman–Crippen LogP) is 1.63. The highest BCUT2D eigenvalue weighted by Crippen LogP contribution is 2.23. The van der Waals surface area contributed by atoms with Crippen LogP contribution in [0.4, 0.5) is 10.1 Å². The first-order chi connectivity index (χ1) is 9.74. The van der Waals surface area contributed by atoms with E-state index < -0.39 is 0 Å². The minimum atomic E-state index is -0.382. The quantitative estimate of drug-likeness (QED) is 0.859. The topological polar surface area (TPSA) is 78.9 Å². The first-order valence-electron chi connectivity index (χ1n) is 6.67. The van der Waals surface area contributed by atoms with Crippen LogP contribution in [0.2, 0.25) is 0 Å². The van der Waals surface area contributed by atoms with Crippen molar-refractivity contribution < 1.29 is 9.13 Å². The number of rotatable bonds is 4. The molecular weight excluding hydrogens is 261 g/mol. The van der Waals surface area contributed by atoms with Gasteiger partial charge in [0.2, 0.25) is 0 Å². The SMILES string of the molecule is Nc1ccc(F)c(-c2nnnn2CCC2CCCO2)c1. The molecule has 0 spiro atoms. The van der Waals surface area contributed by atoms with E-state index in [-0.39, 0.29) is 11.9 Å². The highest BCUT2D eigenvalue weighted by atomic mass is 19.1. The number of nitrogen functional groups attached to an aromatic ring is 1. The molecule has 6 nitrogen and oxygen atoms in total. The molecular formula is C13H16FN5O. The molecule has 1 aromatic carbocycles. The molecule has 20 heavy (non-hydrogen) atoms. The Labute approximate surface area is 115 Å². The summed E-state index contributed by atoms with van der Waals surface area (Å²) in [5.41, 5.74) is 6.50. The van der Waals surface area contributed by atoms with Gasteiger partial charge in [-0.25, -0.2) is 9.07 Å². The van der Waals surface area contributed by atoms with Crippen molar-refractivity contribution in [3.8, 4) is 11.4 Å². The maximum Gasteiger partial charge on any atom is 0.185 e. The molecule has 0 bridgehead atoms. The Bertz CT molecular complexity index is 594. The molecule has 1 saturated heterocycles. The fourth-order valence-corrected chi connectivity index (χ4v) is 2.40. The number of nitrogens with zero attached hydrogens (tertiary/aromatic N) is 4. The molecule has 106 valence electrons. The van der Waals surface area contributed by atoms with Crippen molar-refractivity contribution in [3.63, 3.8) is 0 Å². The summed E-state index contributed by atoms with van der Waals surface area (Å²) in [7, 11) is 0. The van der Waals surface area contributed by atoms with E-state index in [0.717, 1.165) is 25.9 Å². The summed E-state index contributed by atoms with van der Waals surface area (Å²) in [5.74, 6) is 0.0140. The van der Waals surface area contributed by atoms with Crippen LogP contribution in [0.5, 0.6) is 0 Å². The monoisotopic (exact) mass is 277 g/mol. The van der Waals surface area contributed by atoms with Crippen molar-refractivity contribution in [1.29, 1.82) is 0 Å². The van der Waals surface area contributed by atoms with Crippen molar-refractivity contribution in [2.75, 3.05) is 12.3 Å². The van der Waals surface area contributed by atoms with E-state index in [9.17, 15) is 4.39 Å². The Morgan fingerprint density at radius 1 is 1.45 bits per heavy atom. The van der Waals surface area contributed by atoms with Crippen LogP contribution < -0.4 is 5.73 Å². The molecule has 0 amide bonds. The molecule has 0 radical (unpaired) electrons. The van der Waals surface area contributed by atoms with Gasteiger partial charge in [-0.2, -0.15) is 0 Å². The summed E-state index contributed by atoms with van der Waals surface area (Å²) in [6.45, 7) is 1.41. The normalized spacial score (nSPS) is 18.6. The highest BCUT2D eigenvalue weighted by Gasteiger charge is 2.18. The zero-order valence-electron chi connectivity index (χ0n) is 11.0. The van der Waals surface area contributed by atoms with Gasteiger partial charge in [0.05, 0.1) is 11.7 Å². The van der Waals surface area contributed by atoms with Crippen molar-refractivity contribution in [2.24, 2.45) is 0 Å². The Kier molecular flexibility index (Phi) is 3.60. The molecule has 2 heterocycles. The average molecular weight is 277 g/mol. The summed E-state index contributed by atoms with van der Waals surface area (Å²) in [4.78, 5) is 0. The van der Waals surface area contributed by atoms with E-state index in [0.29, 0.717) is 23.6 Å². The van der Waals surface area contributed by atoms with Crippen LogP contribution in [0.3, 0.4) is 0 Å². The minimum Gasteiger partial charge on any atom is -0.399 e. The number of aromatic nitrogens is 4. The number of hydrogen-bond acceptors (Lipinski definition) is 5. The first-order valence-corrected chi connectivity index (χ1v) is 6.67. The van der Waals surface area contributed by atoms with Gasteiger partial charge in [0.25, 0.3) is 0 Å². The lowest BCUT2D eigenvalue weighted by Gasteiger charge is -2.10. The van der Waals surface area contributed by atoms with E-state index in [1.165, 1.54) is 12.1 Å². The predicted molar refractivity (Wildman–Crippen MR) is 71.2 cm³/mol. The minimum absolute atomic E-state index is 0.248. The van der Waals surface area contributed by atoms with Crippen molar-refractivity contribution in [3.05, 3.63) is 24.0 Å². The van der Waals surface area contributed by atoms with Crippen molar-refractivity contribution in [2.45, 2.75) is 31.9 Å². The van der Waals surface area contributed by atoms with Crippen LogP contribution in [-0.4, -0.2) is 32.9 Å². The Hall–Kier alpha value is -2.02. The van der Waals surface area contributed by atoms with Crippen LogP contribution in [0.1, 0.15) is 19.3 Å². The summed E-state index contributed by atoms with van der Waals surface area (Å²) in [5, 5.41) is 11.4. The Morgan fingerprint density at radius 2 is 2.35 bits per heavy atom. The largest absolute Gasteiger partial charge is 0.399 e. The number of aryl methyl sites for hydroxylation is 1. The fourth-order valence-electron chi connectivity index (χ4n) is 2.40. The third kappa shape index (κ3) is 2.62. The number of nitrogens with two attached hydrogens (primary N) is 1. The van der Waals surface area contributed by atoms with E-state index >= 15 is 0 Å². The summed E-state index contributed by atoms with van der Waals surface area (Å²) in [6.07, 6.45) is 3.22. The van der Waals surface area contributed by atoms with Gasteiger partial charge in [-0.05, 0) is 47.9 Å². The molecule has 1 atom stereocenters. The second-order valence-corrected chi connectivity index (χ2v) is 4.89. The van der Waals surface area contributed by atoms with E-state index in [4.69, 9.17) is 10.5 Å². The molecule has 0 saturated carbocycles. The molecule has 0 aliphatic carbocycles. The summed E-state index contributed by atoms with van der Waals surface area (Å²) < 4.78 is 21.0. The van der Waals surface area contributed by atoms with Crippen LogP contribution in [-0.2, 0) is 11.3 Å². The van der Waals surface area contributed by atoms with Gasteiger partial charge < -0.3 is 10.5 Å². The maximum atomic E-state index is 13.9. The molecule has 2 N–H and O–H groups in total. The maximum absolute atomic E-state index is 13.9. The van der Waals surface area contributed by atoms with E-state index in [1.54, 1.807) is 10.7 Å². The van der Waals surface area contributed by atoms with E-state index in [2.05, 4.69) is 15.5 Å². The van der Waals surface area contributed by atoms with Crippen LogP contribution >= 0.6 is 0 Å². The van der Waals surface area contributed by atoms with Crippen LogP contribution in [0.25, 0.3) is 11.4 Å². The number of ether oxygens (including phenoxy) is 1. The van der Waals surface area contributed by atoms with Gasteiger partial charge in [-0.3, -0.25) is 0 Å². The number of tetrazole rings is 1. The zero-order chi connectivity index (χ0) is 13.9. The molecule has 1 aliphatic rings. The third-order valence-corrected chi connectivity index (χ3v) is 3.45. The van der Waals surface area contributed by atoms with E-state index in [1.807, 2.05) is 0 Å². The van der Waals surface area contributed by atoms with Gasteiger partial charge >= 0.3 is 0 Å². The standard InChI is InChI=1S/C13H16FN5O/c14-12-4-3-9(15)8-11(12)13-16-17-18-19(13)6-5-10-2-1-7-20-10/h3-4,8,10H,1-2,5-7,15H2. The average Bonchev–Trinajstić information content (AvgIpc) is 3.09. The third-order valence-electron chi connectivity index (χ3n) is 3.45. The Balaban J connectivity index is 1.80. The lowest BCUT2D eigenvalue weighted by Crippen LogP contribution is -2.12. The molecule has 1 aromatic heterocycles. The summed E-state index contributed by atoms with van der Waals surface area (Å²) >= 11 is 0. The Morgan fingerprint density at radius 3 is 3.15 bits per heavy atom. The molecule has 2 aromatic rings. The second kappa shape index (κ2) is 5.54. The van der Waals surface area contributed by atoms with Crippen LogP contribution in [0.15, 0.2) is 18.2 Å². The number of anilines is 1. The van der Waals surface area contributed by atoms with Gasteiger partial charge in [-0.1, -0.05) is 0 Å². The van der Waals surface area contributed by atoms with Gasteiger partial charge in [0.15, 0.2) is 5.82 Å². The number of benzene rings is 1. The lowest BCUT2D eigenvalue weighted by atomic mass is 10.1. The van der Waals surface area contributed by atoms with Crippen molar-refractivity contribution in [1.82, 2.24) is 20.2 Å². The number of hydrogen-bond donors (Lipinski definition) is 1. The number of halogens is 1. The molecule has 3 rings (SSSR count). The molecule has 7 heteroatoms. The smallest absolute Gasteiger partial charge is 0.185 e. The molecule has 1 aliphatic heterocycles. The molecule has 1 fully saturated rings. The van der Waals surface area contributed by atoms with Crippen LogP contribution in [0, 0.1) is 5.82 Å². The van der Waals surface area contributed by atoms with Gasteiger partial charge in [0, 0.05) is 18.8 Å². The summed E-state index contributed by atoms with van der Waals surface area (Å²) in [6, 6.07) is 4.38. The van der Waals surface area contributed by atoms with Crippen molar-refractivity contribution >= 4 is 5.69 Å². The first kappa shape index (κ1) is 13.0. The zero-order valence-corrected chi connectivity index (χ0v) is 11.0.